The Kier molecular flexibility index (Phi) is 5.03. The van der Waals surface area contributed by atoms with Gasteiger partial charge in [-0.3, -0.25) is 5.32 Å². The summed E-state index contributed by atoms with van der Waals surface area (Å²) in [6, 6.07) is 5.92. The van der Waals surface area contributed by atoms with E-state index in [2.05, 4.69) is 39.4 Å². The molecule has 0 spiro atoms. The van der Waals surface area contributed by atoms with Crippen molar-refractivity contribution in [3.8, 4) is 0 Å². The lowest BCUT2D eigenvalue weighted by Gasteiger charge is -2.19. The van der Waals surface area contributed by atoms with Gasteiger partial charge in [-0.1, -0.05) is 0 Å². The lowest BCUT2D eigenvalue weighted by molar-refractivity contribution is 0.0635. The van der Waals surface area contributed by atoms with Crippen LogP contribution in [-0.4, -0.2) is 16.7 Å². The molecule has 0 aromatic carbocycles. The third kappa shape index (κ3) is 5.04. The van der Waals surface area contributed by atoms with Crippen LogP contribution in [0.15, 0.2) is 35.2 Å². The Hall–Kier alpha value is -2.08. The first-order valence-corrected chi connectivity index (χ1v) is 8.02. The van der Waals surface area contributed by atoms with Gasteiger partial charge in [-0.2, -0.15) is 11.3 Å². The van der Waals surface area contributed by atoms with E-state index in [1.807, 2.05) is 26.8 Å². The molecule has 2 N–H and O–H groups in total. The Morgan fingerprint density at radius 2 is 2.09 bits per heavy atom. The van der Waals surface area contributed by atoms with Crippen LogP contribution in [0.5, 0.6) is 0 Å². The minimum absolute atomic E-state index is 0.206. The Labute approximate surface area is 134 Å². The zero-order valence-electron chi connectivity index (χ0n) is 13.2. The highest BCUT2D eigenvalue weighted by Gasteiger charge is 2.16. The van der Waals surface area contributed by atoms with Gasteiger partial charge in [0.1, 0.15) is 11.4 Å². The Morgan fingerprint density at radius 3 is 2.64 bits per heavy atom. The number of ether oxygens (including phenoxy) is 1. The molecule has 5 nitrogen and oxygen atoms in total. The van der Waals surface area contributed by atoms with E-state index in [4.69, 9.17) is 4.74 Å². The molecule has 0 fully saturated rings. The van der Waals surface area contributed by atoms with E-state index in [9.17, 15) is 4.79 Å². The van der Waals surface area contributed by atoms with E-state index >= 15 is 0 Å². The Morgan fingerprint density at radius 1 is 1.32 bits per heavy atom. The van der Waals surface area contributed by atoms with Gasteiger partial charge < -0.3 is 10.1 Å². The lowest BCUT2D eigenvalue weighted by atomic mass is 10.2. The quantitative estimate of drug-likeness (QED) is 0.860. The number of pyridine rings is 1. The van der Waals surface area contributed by atoms with Crippen molar-refractivity contribution in [1.29, 1.82) is 0 Å². The monoisotopic (exact) mass is 319 g/mol. The highest BCUT2D eigenvalue weighted by Crippen LogP contribution is 2.21. The van der Waals surface area contributed by atoms with Crippen LogP contribution in [0.3, 0.4) is 0 Å². The topological polar surface area (TPSA) is 63.2 Å². The van der Waals surface area contributed by atoms with E-state index in [1.54, 1.807) is 23.6 Å². The van der Waals surface area contributed by atoms with Crippen molar-refractivity contribution in [3.63, 3.8) is 0 Å². The minimum atomic E-state index is -0.526. The number of nitrogens with one attached hydrogen (secondary N) is 2. The molecule has 1 unspecified atom stereocenters. The number of hydrogen-bond donors (Lipinski definition) is 2. The standard InChI is InChI=1S/C16H21N3O2S/c1-11(12-7-8-22-10-12)18-13-5-6-14(17-9-13)19-15(20)21-16(2,3)4/h5-11,18H,1-4H3,(H,17,19,20). The van der Waals surface area contributed by atoms with Crippen molar-refractivity contribution in [3.05, 3.63) is 40.7 Å². The lowest BCUT2D eigenvalue weighted by Crippen LogP contribution is -2.27. The van der Waals surface area contributed by atoms with Crippen LogP contribution in [0, 0.1) is 0 Å². The number of aromatic nitrogens is 1. The molecule has 118 valence electrons. The molecule has 0 saturated carbocycles. The fourth-order valence-electron chi connectivity index (χ4n) is 1.82. The predicted molar refractivity (Wildman–Crippen MR) is 90.5 cm³/mol. The van der Waals surface area contributed by atoms with Crippen molar-refractivity contribution >= 4 is 28.9 Å². The maximum Gasteiger partial charge on any atom is 0.413 e. The molecule has 0 radical (unpaired) electrons. The number of amides is 1. The van der Waals surface area contributed by atoms with Gasteiger partial charge in [0.25, 0.3) is 0 Å². The predicted octanol–water partition coefficient (Wildman–Crippen LogP) is 4.66. The molecule has 2 rings (SSSR count). The summed E-state index contributed by atoms with van der Waals surface area (Å²) >= 11 is 1.68. The van der Waals surface area contributed by atoms with E-state index in [0.717, 1.165) is 5.69 Å². The molecular formula is C16H21N3O2S. The van der Waals surface area contributed by atoms with Gasteiger partial charge in [-0.15, -0.1) is 0 Å². The molecule has 0 aliphatic carbocycles. The number of nitrogens with zero attached hydrogens (tertiary/aromatic N) is 1. The maximum atomic E-state index is 11.7. The summed E-state index contributed by atoms with van der Waals surface area (Å²) in [5.74, 6) is 0.461. The first-order valence-electron chi connectivity index (χ1n) is 7.08. The van der Waals surface area contributed by atoms with Crippen molar-refractivity contribution in [2.24, 2.45) is 0 Å². The van der Waals surface area contributed by atoms with E-state index < -0.39 is 11.7 Å². The van der Waals surface area contributed by atoms with Crippen LogP contribution in [0.25, 0.3) is 0 Å². The third-order valence-electron chi connectivity index (χ3n) is 2.82. The first-order chi connectivity index (χ1) is 10.3. The average Bonchev–Trinajstić information content (AvgIpc) is 2.92. The number of anilines is 2. The van der Waals surface area contributed by atoms with E-state index in [0.29, 0.717) is 5.82 Å². The summed E-state index contributed by atoms with van der Waals surface area (Å²) in [7, 11) is 0. The molecule has 2 aromatic heterocycles. The largest absolute Gasteiger partial charge is 0.444 e. The minimum Gasteiger partial charge on any atom is -0.444 e. The first kappa shape index (κ1) is 16.3. The molecular weight excluding hydrogens is 298 g/mol. The van der Waals surface area contributed by atoms with Gasteiger partial charge in [0.2, 0.25) is 0 Å². The van der Waals surface area contributed by atoms with Gasteiger partial charge in [-0.05, 0) is 62.2 Å². The van der Waals surface area contributed by atoms with Gasteiger partial charge >= 0.3 is 6.09 Å². The number of carbonyl (C=O) groups is 1. The molecule has 2 heterocycles. The molecule has 0 saturated heterocycles. The Bertz CT molecular complexity index is 603. The summed E-state index contributed by atoms with van der Waals surface area (Å²) < 4.78 is 5.18. The smallest absolute Gasteiger partial charge is 0.413 e. The zero-order chi connectivity index (χ0) is 16.2. The molecule has 6 heteroatoms. The summed E-state index contributed by atoms with van der Waals surface area (Å²) in [6.07, 6.45) is 1.18. The number of hydrogen-bond acceptors (Lipinski definition) is 5. The van der Waals surface area contributed by atoms with Gasteiger partial charge in [0.05, 0.1) is 11.9 Å². The molecule has 22 heavy (non-hydrogen) atoms. The van der Waals surface area contributed by atoms with Crippen LogP contribution in [0.2, 0.25) is 0 Å². The van der Waals surface area contributed by atoms with Crippen molar-refractivity contribution in [1.82, 2.24) is 4.98 Å². The molecule has 1 atom stereocenters. The van der Waals surface area contributed by atoms with Gasteiger partial charge in [0, 0.05) is 6.04 Å². The van der Waals surface area contributed by atoms with Crippen LogP contribution in [0.1, 0.15) is 39.3 Å². The summed E-state index contributed by atoms with van der Waals surface area (Å²) in [5.41, 5.74) is 1.61. The summed E-state index contributed by atoms with van der Waals surface area (Å²) in [6.45, 7) is 7.55. The summed E-state index contributed by atoms with van der Waals surface area (Å²) in [5, 5.41) is 10.1. The van der Waals surface area contributed by atoms with E-state index in [-0.39, 0.29) is 6.04 Å². The fourth-order valence-corrected chi connectivity index (χ4v) is 2.57. The Balaban J connectivity index is 1.91. The number of carbonyl (C=O) groups excluding carboxylic acids is 1. The summed E-state index contributed by atoms with van der Waals surface area (Å²) in [4.78, 5) is 15.9. The zero-order valence-corrected chi connectivity index (χ0v) is 14.0. The molecule has 2 aromatic rings. The molecule has 1 amide bonds. The SMILES string of the molecule is CC(Nc1ccc(NC(=O)OC(C)(C)C)nc1)c1ccsc1. The van der Waals surface area contributed by atoms with Crippen LogP contribution in [0.4, 0.5) is 16.3 Å². The highest BCUT2D eigenvalue weighted by molar-refractivity contribution is 7.07. The van der Waals surface area contributed by atoms with Crippen molar-refractivity contribution in [2.45, 2.75) is 39.3 Å². The van der Waals surface area contributed by atoms with E-state index in [1.165, 1.54) is 5.56 Å². The van der Waals surface area contributed by atoms with Crippen molar-refractivity contribution < 1.29 is 9.53 Å². The highest BCUT2D eigenvalue weighted by atomic mass is 32.1. The molecule has 0 aliphatic rings. The van der Waals surface area contributed by atoms with Crippen LogP contribution in [-0.2, 0) is 4.74 Å². The van der Waals surface area contributed by atoms with Crippen LogP contribution < -0.4 is 10.6 Å². The maximum absolute atomic E-state index is 11.7. The van der Waals surface area contributed by atoms with Gasteiger partial charge in [0.15, 0.2) is 0 Å². The molecule has 0 aliphatic heterocycles. The average molecular weight is 319 g/mol. The van der Waals surface area contributed by atoms with Gasteiger partial charge in [-0.25, -0.2) is 9.78 Å². The fraction of sp³-hybridized carbons (Fsp3) is 0.375. The van der Waals surface area contributed by atoms with Crippen LogP contribution >= 0.6 is 11.3 Å². The second-order valence-corrected chi connectivity index (χ2v) is 6.76. The van der Waals surface area contributed by atoms with Crippen molar-refractivity contribution in [2.75, 3.05) is 10.6 Å². The molecule has 0 bridgehead atoms. The third-order valence-corrected chi connectivity index (χ3v) is 3.52. The second-order valence-electron chi connectivity index (χ2n) is 5.98. The normalized spacial score (nSPS) is 12.5. The number of thiophene rings is 1. The second kappa shape index (κ2) is 6.79. The number of rotatable bonds is 4.